The van der Waals surface area contributed by atoms with Crippen LogP contribution < -0.4 is 10.9 Å². The van der Waals surface area contributed by atoms with Crippen molar-refractivity contribution in [3.8, 4) is 5.69 Å². The molecule has 0 spiro atoms. The Morgan fingerprint density at radius 2 is 1.95 bits per heavy atom. The Labute approximate surface area is 125 Å². The van der Waals surface area contributed by atoms with E-state index in [2.05, 4.69) is 15.6 Å². The van der Waals surface area contributed by atoms with Crippen LogP contribution in [0.1, 0.15) is 16.2 Å². The molecular formula is C15H12N4O3. The molecule has 110 valence electrons. The van der Waals surface area contributed by atoms with Gasteiger partial charge in [0.05, 0.1) is 5.69 Å². The van der Waals surface area contributed by atoms with E-state index < -0.39 is 5.91 Å². The van der Waals surface area contributed by atoms with E-state index in [1.165, 1.54) is 16.8 Å². The number of hydrogen-bond acceptors (Lipinski definition) is 5. The maximum Gasteiger partial charge on any atom is 0.277 e. The summed E-state index contributed by atoms with van der Waals surface area (Å²) in [6, 6.07) is 13.1. The standard InChI is InChI=1S/C15H12N4O3/c1-10-9-13(18-22-10)16-15(21)12-7-8-14(20)19(17-12)11-5-3-2-4-6-11/h2-9H,1H3,(H,16,18,21). The predicted octanol–water partition coefficient (Wildman–Crippen LogP) is 1.78. The molecule has 22 heavy (non-hydrogen) atoms. The molecule has 0 unspecified atom stereocenters. The van der Waals surface area contributed by atoms with Crippen molar-refractivity contribution in [3.05, 3.63) is 70.3 Å². The average molecular weight is 296 g/mol. The highest BCUT2D eigenvalue weighted by Crippen LogP contribution is 2.09. The molecule has 0 aliphatic rings. The molecule has 7 heteroatoms. The van der Waals surface area contributed by atoms with Crippen molar-refractivity contribution in [1.29, 1.82) is 0 Å². The normalized spacial score (nSPS) is 10.4. The Morgan fingerprint density at radius 1 is 1.18 bits per heavy atom. The van der Waals surface area contributed by atoms with Crippen molar-refractivity contribution in [2.75, 3.05) is 5.32 Å². The monoisotopic (exact) mass is 296 g/mol. The number of carbonyl (C=O) groups is 1. The lowest BCUT2D eigenvalue weighted by Crippen LogP contribution is -2.24. The molecule has 3 aromatic rings. The summed E-state index contributed by atoms with van der Waals surface area (Å²) in [6.45, 7) is 1.72. The molecule has 0 radical (unpaired) electrons. The Morgan fingerprint density at radius 3 is 2.64 bits per heavy atom. The molecule has 0 aliphatic carbocycles. The van der Waals surface area contributed by atoms with Gasteiger partial charge in [-0.15, -0.1) is 0 Å². The van der Waals surface area contributed by atoms with Gasteiger partial charge in [-0.2, -0.15) is 9.78 Å². The van der Waals surface area contributed by atoms with Gasteiger partial charge in [0.25, 0.3) is 11.5 Å². The fourth-order valence-electron chi connectivity index (χ4n) is 1.89. The Kier molecular flexibility index (Phi) is 3.53. The predicted molar refractivity (Wildman–Crippen MR) is 79.0 cm³/mol. The van der Waals surface area contributed by atoms with Crippen molar-refractivity contribution < 1.29 is 9.32 Å². The lowest BCUT2D eigenvalue weighted by Gasteiger charge is -2.06. The molecule has 1 aromatic carbocycles. The van der Waals surface area contributed by atoms with Crippen molar-refractivity contribution >= 4 is 11.7 Å². The third-order valence-corrected chi connectivity index (χ3v) is 2.90. The molecule has 0 aliphatic heterocycles. The second-order valence-corrected chi connectivity index (χ2v) is 4.58. The summed E-state index contributed by atoms with van der Waals surface area (Å²) in [4.78, 5) is 24.0. The molecule has 2 heterocycles. The highest BCUT2D eigenvalue weighted by Gasteiger charge is 2.12. The second kappa shape index (κ2) is 5.65. The van der Waals surface area contributed by atoms with Crippen LogP contribution in [-0.2, 0) is 0 Å². The highest BCUT2D eigenvalue weighted by molar-refractivity contribution is 6.02. The fraction of sp³-hybridized carbons (Fsp3) is 0.0667. The van der Waals surface area contributed by atoms with Gasteiger partial charge >= 0.3 is 0 Å². The number of carbonyl (C=O) groups excluding carboxylic acids is 1. The Bertz CT molecular complexity index is 868. The van der Waals surface area contributed by atoms with Crippen LogP contribution in [0.25, 0.3) is 5.69 Å². The topological polar surface area (TPSA) is 90.0 Å². The number of aromatic nitrogens is 3. The van der Waals surface area contributed by atoms with Gasteiger partial charge in [0.1, 0.15) is 11.5 Å². The SMILES string of the molecule is Cc1cc(NC(=O)c2ccc(=O)n(-c3ccccc3)n2)no1. The van der Waals surface area contributed by atoms with Crippen molar-refractivity contribution in [1.82, 2.24) is 14.9 Å². The summed E-state index contributed by atoms with van der Waals surface area (Å²) >= 11 is 0. The summed E-state index contributed by atoms with van der Waals surface area (Å²) in [6.07, 6.45) is 0. The van der Waals surface area contributed by atoms with Crippen LogP contribution in [0, 0.1) is 6.92 Å². The molecule has 2 aromatic heterocycles. The summed E-state index contributed by atoms with van der Waals surface area (Å²) in [5.74, 6) is 0.400. The van der Waals surface area contributed by atoms with Gasteiger partial charge in [-0.1, -0.05) is 23.4 Å². The molecule has 0 bridgehead atoms. The van der Waals surface area contributed by atoms with Gasteiger partial charge < -0.3 is 9.84 Å². The van der Waals surface area contributed by atoms with E-state index >= 15 is 0 Å². The van der Waals surface area contributed by atoms with Crippen LogP contribution in [0.4, 0.5) is 5.82 Å². The summed E-state index contributed by atoms with van der Waals surface area (Å²) in [5.41, 5.74) is 0.364. The van der Waals surface area contributed by atoms with Crippen molar-refractivity contribution in [2.24, 2.45) is 0 Å². The van der Waals surface area contributed by atoms with Crippen LogP contribution in [0.15, 0.2) is 57.8 Å². The van der Waals surface area contributed by atoms with Crippen LogP contribution >= 0.6 is 0 Å². The third-order valence-electron chi connectivity index (χ3n) is 2.90. The number of amides is 1. The zero-order chi connectivity index (χ0) is 15.5. The zero-order valence-electron chi connectivity index (χ0n) is 11.7. The second-order valence-electron chi connectivity index (χ2n) is 4.58. The van der Waals surface area contributed by atoms with Gasteiger partial charge in [-0.05, 0) is 25.1 Å². The third kappa shape index (κ3) is 2.78. The number of anilines is 1. The number of benzene rings is 1. The van der Waals surface area contributed by atoms with E-state index in [-0.39, 0.29) is 11.3 Å². The average Bonchev–Trinajstić information content (AvgIpc) is 2.93. The zero-order valence-corrected chi connectivity index (χ0v) is 11.7. The number of hydrogen-bond donors (Lipinski definition) is 1. The number of aryl methyl sites for hydroxylation is 1. The summed E-state index contributed by atoms with van der Waals surface area (Å²) in [7, 11) is 0. The smallest absolute Gasteiger partial charge is 0.277 e. The van der Waals surface area contributed by atoms with Gasteiger partial charge in [-0.25, -0.2) is 0 Å². The molecule has 0 fully saturated rings. The van der Waals surface area contributed by atoms with Crippen LogP contribution in [0.5, 0.6) is 0 Å². The van der Waals surface area contributed by atoms with Gasteiger partial charge in [0, 0.05) is 12.1 Å². The summed E-state index contributed by atoms with van der Waals surface area (Å²) in [5, 5.41) is 10.3. The van der Waals surface area contributed by atoms with Crippen LogP contribution in [0.2, 0.25) is 0 Å². The lowest BCUT2D eigenvalue weighted by atomic mass is 10.3. The minimum absolute atomic E-state index is 0.101. The lowest BCUT2D eigenvalue weighted by molar-refractivity contribution is 0.101. The van der Waals surface area contributed by atoms with E-state index in [1.807, 2.05) is 6.07 Å². The van der Waals surface area contributed by atoms with E-state index in [0.717, 1.165) is 0 Å². The maximum absolute atomic E-state index is 12.1. The molecule has 7 nitrogen and oxygen atoms in total. The minimum atomic E-state index is -0.474. The number of para-hydroxylation sites is 1. The van der Waals surface area contributed by atoms with Gasteiger partial charge in [-0.3, -0.25) is 9.59 Å². The first-order valence-electron chi connectivity index (χ1n) is 6.54. The van der Waals surface area contributed by atoms with E-state index in [1.54, 1.807) is 37.3 Å². The fourth-order valence-corrected chi connectivity index (χ4v) is 1.89. The minimum Gasteiger partial charge on any atom is -0.360 e. The van der Waals surface area contributed by atoms with Crippen molar-refractivity contribution in [2.45, 2.75) is 6.92 Å². The Balaban J connectivity index is 1.92. The maximum atomic E-state index is 12.1. The molecule has 1 amide bonds. The van der Waals surface area contributed by atoms with E-state index in [0.29, 0.717) is 17.3 Å². The largest absolute Gasteiger partial charge is 0.360 e. The molecular weight excluding hydrogens is 284 g/mol. The van der Waals surface area contributed by atoms with Crippen LogP contribution in [0.3, 0.4) is 0 Å². The van der Waals surface area contributed by atoms with Crippen molar-refractivity contribution in [3.63, 3.8) is 0 Å². The first-order valence-corrected chi connectivity index (χ1v) is 6.54. The number of rotatable bonds is 3. The first-order chi connectivity index (χ1) is 10.6. The van der Waals surface area contributed by atoms with Gasteiger partial charge in [0.15, 0.2) is 5.82 Å². The van der Waals surface area contributed by atoms with E-state index in [9.17, 15) is 9.59 Å². The highest BCUT2D eigenvalue weighted by atomic mass is 16.5. The number of nitrogens with zero attached hydrogens (tertiary/aromatic N) is 3. The quantitative estimate of drug-likeness (QED) is 0.795. The molecule has 3 rings (SSSR count). The molecule has 1 N–H and O–H groups in total. The Hall–Kier alpha value is -3.22. The summed E-state index contributed by atoms with van der Waals surface area (Å²) < 4.78 is 6.04. The molecule has 0 saturated carbocycles. The molecule has 0 saturated heterocycles. The van der Waals surface area contributed by atoms with Crippen LogP contribution in [-0.4, -0.2) is 20.8 Å². The number of nitrogens with one attached hydrogen (secondary N) is 1. The van der Waals surface area contributed by atoms with E-state index in [4.69, 9.17) is 4.52 Å². The van der Waals surface area contributed by atoms with Gasteiger partial charge in [0.2, 0.25) is 0 Å². The first kappa shape index (κ1) is 13.7. The molecule has 0 atom stereocenters.